The Labute approximate surface area is 193 Å². The first-order valence-electron chi connectivity index (χ1n) is 10.2. The van der Waals surface area contributed by atoms with Gasteiger partial charge in [0.05, 0.1) is 41.0 Å². The summed E-state index contributed by atoms with van der Waals surface area (Å²) in [5.74, 6) is -1.67. The Morgan fingerprint density at radius 2 is 1.76 bits per heavy atom. The fraction of sp³-hybridized carbons (Fsp3) is 0.348. The number of nitro groups is 1. The number of hydrogen-bond acceptors (Lipinski definition) is 8. The fourth-order valence-electron chi connectivity index (χ4n) is 3.53. The Morgan fingerprint density at radius 1 is 1.18 bits per heavy atom. The van der Waals surface area contributed by atoms with Gasteiger partial charge >= 0.3 is 13.6 Å². The van der Waals surface area contributed by atoms with Gasteiger partial charge < -0.3 is 10.1 Å². The van der Waals surface area contributed by atoms with Gasteiger partial charge in [-0.25, -0.2) is 4.79 Å². The summed E-state index contributed by atoms with van der Waals surface area (Å²) in [7, 11) is -2.88. The van der Waals surface area contributed by atoms with E-state index >= 15 is 0 Å². The molecule has 10 heteroatoms. The number of benzene rings is 1. The normalized spacial score (nSPS) is 19.7. The second kappa shape index (κ2) is 10.7. The predicted molar refractivity (Wildman–Crippen MR) is 125 cm³/mol. The Balaban J connectivity index is 2.86. The van der Waals surface area contributed by atoms with Crippen molar-refractivity contribution in [2.75, 3.05) is 7.11 Å². The van der Waals surface area contributed by atoms with Crippen LogP contribution in [0.2, 0.25) is 0 Å². The van der Waals surface area contributed by atoms with Crippen LogP contribution in [0.3, 0.4) is 0 Å². The van der Waals surface area contributed by atoms with Crippen molar-refractivity contribution in [3.63, 3.8) is 0 Å². The molecule has 1 N–H and O–H groups in total. The zero-order valence-corrected chi connectivity index (χ0v) is 20.3. The molecule has 0 bridgehead atoms. The van der Waals surface area contributed by atoms with Gasteiger partial charge in [-0.05, 0) is 33.3 Å². The minimum atomic E-state index is -4.11. The van der Waals surface area contributed by atoms with E-state index in [2.05, 4.69) is 18.5 Å². The van der Waals surface area contributed by atoms with Crippen LogP contribution in [-0.4, -0.2) is 30.2 Å². The Bertz CT molecular complexity index is 1060. The topological polar surface area (TPSA) is 117 Å². The number of esters is 1. The van der Waals surface area contributed by atoms with Crippen molar-refractivity contribution >= 4 is 19.3 Å². The van der Waals surface area contributed by atoms with E-state index in [-0.39, 0.29) is 16.6 Å². The highest BCUT2D eigenvalue weighted by Crippen LogP contribution is 2.65. The molecular formula is C23H29N2O7P. The van der Waals surface area contributed by atoms with Gasteiger partial charge in [0.15, 0.2) is 0 Å². The lowest BCUT2D eigenvalue weighted by atomic mass is 9.86. The van der Waals surface area contributed by atoms with Crippen molar-refractivity contribution in [3.05, 3.63) is 87.5 Å². The smallest absolute Gasteiger partial charge is 0.361 e. The molecule has 33 heavy (non-hydrogen) atoms. The molecule has 0 saturated carbocycles. The van der Waals surface area contributed by atoms with Gasteiger partial charge in [-0.3, -0.25) is 23.7 Å². The quantitative estimate of drug-likeness (QED) is 0.158. The lowest BCUT2D eigenvalue weighted by Gasteiger charge is -2.35. The highest BCUT2D eigenvalue weighted by atomic mass is 31.2. The molecule has 0 amide bonds. The van der Waals surface area contributed by atoms with Gasteiger partial charge in [0.1, 0.15) is 0 Å². The number of allylic oxidation sites excluding steroid dienone is 3. The summed E-state index contributed by atoms with van der Waals surface area (Å²) < 4.78 is 31.0. The third kappa shape index (κ3) is 5.68. The molecule has 1 aliphatic rings. The molecule has 0 radical (unpaired) electrons. The molecular weight excluding hydrogens is 447 g/mol. The number of non-ortho nitro benzene ring substituents is 1. The number of ether oxygens (including phenoxy) is 1. The molecule has 1 aromatic rings. The number of dihydropyridines is 1. The van der Waals surface area contributed by atoms with Crippen LogP contribution in [0, 0.1) is 10.1 Å². The third-order valence-corrected chi connectivity index (χ3v) is 7.52. The first-order valence-corrected chi connectivity index (χ1v) is 11.8. The van der Waals surface area contributed by atoms with Gasteiger partial charge in [-0.2, -0.15) is 0 Å². The van der Waals surface area contributed by atoms with Crippen molar-refractivity contribution < 1.29 is 28.1 Å². The average Bonchev–Trinajstić information content (AvgIpc) is 2.77. The van der Waals surface area contributed by atoms with E-state index in [1.165, 1.54) is 37.5 Å². The van der Waals surface area contributed by atoms with Crippen LogP contribution >= 0.6 is 7.60 Å². The van der Waals surface area contributed by atoms with Gasteiger partial charge in [0.2, 0.25) is 0 Å². The minimum absolute atomic E-state index is 0.142. The van der Waals surface area contributed by atoms with Gasteiger partial charge in [0, 0.05) is 23.5 Å². The number of carbonyl (C=O) groups excluding carboxylic acids is 1. The molecule has 0 spiro atoms. The van der Waals surface area contributed by atoms with Gasteiger partial charge in [-0.1, -0.05) is 24.3 Å². The van der Waals surface area contributed by atoms with E-state index in [9.17, 15) is 19.5 Å². The fourth-order valence-corrected chi connectivity index (χ4v) is 5.92. The van der Waals surface area contributed by atoms with Crippen molar-refractivity contribution in [1.29, 1.82) is 0 Å². The summed E-state index contributed by atoms with van der Waals surface area (Å²) in [4.78, 5) is 23.7. The molecule has 178 valence electrons. The molecule has 1 aromatic carbocycles. The number of carbonyl (C=O) groups is 1. The molecule has 3 atom stereocenters. The van der Waals surface area contributed by atoms with Crippen LogP contribution < -0.4 is 5.32 Å². The molecule has 1 heterocycles. The number of nitrogens with zero attached hydrogens (tertiary/aromatic N) is 1. The molecule has 0 aromatic heterocycles. The number of hydrogen-bond donors (Lipinski definition) is 1. The van der Waals surface area contributed by atoms with E-state index < -0.39 is 36.6 Å². The lowest BCUT2D eigenvalue weighted by Crippen LogP contribution is -2.30. The first-order chi connectivity index (χ1) is 15.5. The van der Waals surface area contributed by atoms with E-state index in [1.54, 1.807) is 33.8 Å². The van der Waals surface area contributed by atoms with Crippen molar-refractivity contribution in [2.45, 2.75) is 45.8 Å². The summed E-state index contributed by atoms with van der Waals surface area (Å²) in [6.07, 6.45) is 1.61. The van der Waals surface area contributed by atoms with Gasteiger partial charge in [0.25, 0.3) is 5.69 Å². The predicted octanol–water partition coefficient (Wildman–Crippen LogP) is 5.34. The number of nitrogens with one attached hydrogen (secondary N) is 1. The van der Waals surface area contributed by atoms with Crippen LogP contribution in [-0.2, 0) is 23.1 Å². The van der Waals surface area contributed by atoms with Crippen LogP contribution in [0.1, 0.15) is 39.2 Å². The molecule has 1 aliphatic heterocycles. The summed E-state index contributed by atoms with van der Waals surface area (Å²) >= 11 is 0. The summed E-state index contributed by atoms with van der Waals surface area (Å²) in [5.41, 5.74) is 1.22. The van der Waals surface area contributed by atoms with Crippen molar-refractivity contribution in [3.8, 4) is 0 Å². The highest BCUT2D eigenvalue weighted by Gasteiger charge is 2.46. The number of methoxy groups -OCH3 is 1. The monoisotopic (exact) mass is 476 g/mol. The zero-order valence-electron chi connectivity index (χ0n) is 19.4. The van der Waals surface area contributed by atoms with E-state index in [1.807, 2.05) is 0 Å². The number of rotatable bonds is 10. The SMILES string of the molecule is C=CC(C)OP(=O)(OC(C)C=C)C1=C(C)NC(C)=C(C(=O)OC)C1c1cccc([N+](=O)[O-])c1. The maximum absolute atomic E-state index is 14.3. The van der Waals surface area contributed by atoms with Crippen LogP contribution in [0.5, 0.6) is 0 Å². The van der Waals surface area contributed by atoms with Crippen molar-refractivity contribution in [2.24, 2.45) is 0 Å². The Morgan fingerprint density at radius 3 is 2.24 bits per heavy atom. The first kappa shape index (κ1) is 26.3. The standard InChI is InChI=1S/C23H29N2O7P/c1-8-14(3)31-33(29,32-15(4)9-2)22-17(6)24-16(5)20(23(26)30-7)21(22)18-11-10-12-19(13-18)25(27)28/h8-15,21,24H,1-2H2,3-7H3. The van der Waals surface area contributed by atoms with Crippen molar-refractivity contribution in [1.82, 2.24) is 5.32 Å². The molecule has 9 nitrogen and oxygen atoms in total. The Kier molecular flexibility index (Phi) is 8.55. The molecule has 2 rings (SSSR count). The van der Waals surface area contributed by atoms with Crippen LogP contribution in [0.25, 0.3) is 0 Å². The summed E-state index contributed by atoms with van der Waals surface area (Å²) in [6, 6.07) is 5.78. The second-order valence-electron chi connectivity index (χ2n) is 7.54. The van der Waals surface area contributed by atoms with E-state index in [4.69, 9.17) is 13.8 Å². The lowest BCUT2D eigenvalue weighted by molar-refractivity contribution is -0.384. The molecule has 0 aliphatic carbocycles. The van der Waals surface area contributed by atoms with Crippen LogP contribution in [0.4, 0.5) is 5.69 Å². The maximum atomic E-state index is 14.3. The van der Waals surface area contributed by atoms with Gasteiger partial charge in [-0.15, -0.1) is 13.2 Å². The minimum Gasteiger partial charge on any atom is -0.466 e. The summed E-state index contributed by atoms with van der Waals surface area (Å²) in [5, 5.41) is 14.6. The molecule has 3 unspecified atom stereocenters. The zero-order chi connectivity index (χ0) is 24.9. The number of nitro benzene ring substituents is 1. The molecule has 0 saturated heterocycles. The summed E-state index contributed by atoms with van der Waals surface area (Å²) in [6.45, 7) is 14.0. The second-order valence-corrected chi connectivity index (χ2v) is 9.44. The maximum Gasteiger partial charge on any atom is 0.361 e. The molecule has 0 fully saturated rings. The third-order valence-electron chi connectivity index (χ3n) is 5.11. The largest absolute Gasteiger partial charge is 0.466 e. The van der Waals surface area contributed by atoms with Crippen LogP contribution in [0.15, 0.2) is 71.9 Å². The average molecular weight is 476 g/mol. The van der Waals surface area contributed by atoms with E-state index in [0.29, 0.717) is 17.0 Å². The Hall–Kier alpha value is -3.00. The van der Waals surface area contributed by atoms with E-state index in [0.717, 1.165) is 0 Å². The highest BCUT2D eigenvalue weighted by molar-refractivity contribution is 7.58.